The minimum Gasteiger partial charge on any atom is -0.507 e. The second-order valence-corrected chi connectivity index (χ2v) is 5.31. The Morgan fingerprint density at radius 3 is 2.54 bits per heavy atom. The zero-order valence-corrected chi connectivity index (χ0v) is 13.6. The fourth-order valence-corrected chi connectivity index (χ4v) is 2.47. The molecule has 0 aliphatic carbocycles. The van der Waals surface area contributed by atoms with E-state index >= 15 is 0 Å². The standard InChI is InChI=1S/C18H18N2O4/c1-10-6-15(16(19)9-21)17(23)8-13(10)14-7-12(20-11(2)22)4-5-18(14)24-3/h4-9,19,23H,1-3H3,(H,20,22). The molecule has 3 N–H and O–H groups in total. The lowest BCUT2D eigenvalue weighted by Gasteiger charge is -2.15. The van der Waals surface area contributed by atoms with Crippen LogP contribution in [0.15, 0.2) is 30.3 Å². The highest BCUT2D eigenvalue weighted by molar-refractivity contribution is 6.35. The topological polar surface area (TPSA) is 99.5 Å². The lowest BCUT2D eigenvalue weighted by atomic mass is 9.95. The Hall–Kier alpha value is -3.15. The van der Waals surface area contributed by atoms with Crippen LogP contribution in [0.3, 0.4) is 0 Å². The quantitative estimate of drug-likeness (QED) is 0.581. The molecule has 1 amide bonds. The minimum atomic E-state index is -0.291. The Labute approximate surface area is 139 Å². The summed E-state index contributed by atoms with van der Waals surface area (Å²) in [5, 5.41) is 20.4. The summed E-state index contributed by atoms with van der Waals surface area (Å²) in [5.41, 5.74) is 2.60. The van der Waals surface area contributed by atoms with Crippen LogP contribution in [0.1, 0.15) is 18.1 Å². The summed E-state index contributed by atoms with van der Waals surface area (Å²) in [6.07, 6.45) is 0.381. The number of benzene rings is 2. The molecule has 0 aliphatic rings. The number of aromatic hydroxyl groups is 1. The molecule has 2 aromatic carbocycles. The van der Waals surface area contributed by atoms with Crippen molar-refractivity contribution < 1.29 is 19.4 Å². The van der Waals surface area contributed by atoms with Gasteiger partial charge in [0.05, 0.1) is 7.11 Å². The van der Waals surface area contributed by atoms with Crippen LogP contribution in [0.25, 0.3) is 11.1 Å². The van der Waals surface area contributed by atoms with E-state index in [0.29, 0.717) is 28.8 Å². The minimum absolute atomic E-state index is 0.167. The zero-order valence-electron chi connectivity index (χ0n) is 13.6. The number of hydrogen-bond donors (Lipinski definition) is 3. The molecule has 0 heterocycles. The zero-order chi connectivity index (χ0) is 17.9. The molecular weight excluding hydrogens is 308 g/mol. The first-order chi connectivity index (χ1) is 11.4. The van der Waals surface area contributed by atoms with Gasteiger partial charge >= 0.3 is 0 Å². The molecule has 0 unspecified atom stereocenters. The van der Waals surface area contributed by atoms with Gasteiger partial charge in [-0.2, -0.15) is 0 Å². The van der Waals surface area contributed by atoms with E-state index in [2.05, 4.69) is 5.32 Å². The summed E-state index contributed by atoms with van der Waals surface area (Å²) in [7, 11) is 1.53. The van der Waals surface area contributed by atoms with Crippen molar-refractivity contribution >= 4 is 23.6 Å². The number of nitrogens with one attached hydrogen (secondary N) is 2. The molecule has 124 valence electrons. The predicted octanol–water partition coefficient (Wildman–Crippen LogP) is 2.90. The van der Waals surface area contributed by atoms with Gasteiger partial charge in [0, 0.05) is 23.7 Å². The maximum absolute atomic E-state index is 11.3. The first-order valence-corrected chi connectivity index (χ1v) is 7.21. The number of phenolic OH excluding ortho intramolecular Hbond substituents is 1. The van der Waals surface area contributed by atoms with Crippen LogP contribution in [-0.2, 0) is 9.59 Å². The number of carbonyl (C=O) groups excluding carboxylic acids is 2. The molecule has 6 nitrogen and oxygen atoms in total. The van der Waals surface area contributed by atoms with E-state index in [1.807, 2.05) is 0 Å². The summed E-state index contributed by atoms with van der Waals surface area (Å²) in [4.78, 5) is 22.0. The van der Waals surface area contributed by atoms with Crippen LogP contribution in [0.2, 0.25) is 0 Å². The number of ether oxygens (including phenoxy) is 1. The van der Waals surface area contributed by atoms with Gasteiger partial charge in [0.25, 0.3) is 0 Å². The van der Waals surface area contributed by atoms with Crippen molar-refractivity contribution in [2.45, 2.75) is 13.8 Å². The summed E-state index contributed by atoms with van der Waals surface area (Å²) in [6, 6.07) is 8.24. The van der Waals surface area contributed by atoms with E-state index in [0.717, 1.165) is 5.56 Å². The maximum Gasteiger partial charge on any atom is 0.221 e. The summed E-state index contributed by atoms with van der Waals surface area (Å²) in [5.74, 6) is 0.213. The Bertz CT molecular complexity index is 828. The second kappa shape index (κ2) is 6.95. The van der Waals surface area contributed by atoms with E-state index in [1.165, 1.54) is 20.1 Å². The van der Waals surface area contributed by atoms with Crippen LogP contribution in [0, 0.1) is 12.3 Å². The average molecular weight is 326 g/mol. The molecule has 0 bridgehead atoms. The fourth-order valence-electron chi connectivity index (χ4n) is 2.47. The number of anilines is 1. The molecule has 24 heavy (non-hydrogen) atoms. The first-order valence-electron chi connectivity index (χ1n) is 7.21. The molecular formula is C18H18N2O4. The SMILES string of the molecule is COc1ccc(NC(C)=O)cc1-c1cc(O)c(C(=N)C=O)cc1C. The molecule has 0 saturated heterocycles. The molecule has 6 heteroatoms. The number of carbonyl (C=O) groups is 2. The van der Waals surface area contributed by atoms with Crippen LogP contribution in [-0.4, -0.2) is 30.1 Å². The van der Waals surface area contributed by atoms with Gasteiger partial charge in [0.2, 0.25) is 5.91 Å². The third kappa shape index (κ3) is 3.43. The van der Waals surface area contributed by atoms with Crippen molar-refractivity contribution in [3.05, 3.63) is 41.5 Å². The summed E-state index contributed by atoms with van der Waals surface area (Å²) < 4.78 is 5.36. The number of rotatable bonds is 5. The highest BCUT2D eigenvalue weighted by Gasteiger charge is 2.15. The number of phenols is 1. The van der Waals surface area contributed by atoms with E-state index in [9.17, 15) is 14.7 Å². The average Bonchev–Trinajstić information content (AvgIpc) is 2.55. The van der Waals surface area contributed by atoms with Crippen LogP contribution in [0.4, 0.5) is 5.69 Å². The van der Waals surface area contributed by atoms with Gasteiger partial charge < -0.3 is 15.2 Å². The Balaban J connectivity index is 2.62. The fraction of sp³-hybridized carbons (Fsp3) is 0.167. The Kier molecular flexibility index (Phi) is 4.99. The highest BCUT2D eigenvalue weighted by Crippen LogP contribution is 2.37. The Morgan fingerprint density at radius 2 is 1.96 bits per heavy atom. The molecule has 0 atom stereocenters. The molecule has 0 aromatic heterocycles. The lowest BCUT2D eigenvalue weighted by Crippen LogP contribution is -2.06. The van der Waals surface area contributed by atoms with Gasteiger partial charge in [-0.1, -0.05) is 0 Å². The second-order valence-electron chi connectivity index (χ2n) is 5.31. The highest BCUT2D eigenvalue weighted by atomic mass is 16.5. The number of hydrogen-bond acceptors (Lipinski definition) is 5. The largest absolute Gasteiger partial charge is 0.507 e. The van der Waals surface area contributed by atoms with Crippen molar-refractivity contribution in [1.29, 1.82) is 5.41 Å². The van der Waals surface area contributed by atoms with Gasteiger partial charge in [-0.25, -0.2) is 0 Å². The Morgan fingerprint density at radius 1 is 1.25 bits per heavy atom. The normalized spacial score (nSPS) is 10.1. The smallest absolute Gasteiger partial charge is 0.221 e. The van der Waals surface area contributed by atoms with Gasteiger partial charge in [-0.15, -0.1) is 0 Å². The molecule has 2 rings (SSSR count). The van der Waals surface area contributed by atoms with Crippen molar-refractivity contribution in [2.24, 2.45) is 0 Å². The number of amides is 1. The lowest BCUT2D eigenvalue weighted by molar-refractivity contribution is -0.114. The monoisotopic (exact) mass is 326 g/mol. The molecule has 0 saturated carbocycles. The van der Waals surface area contributed by atoms with E-state index in [4.69, 9.17) is 10.1 Å². The van der Waals surface area contributed by atoms with Crippen molar-refractivity contribution in [3.63, 3.8) is 0 Å². The van der Waals surface area contributed by atoms with Gasteiger partial charge in [-0.3, -0.25) is 15.0 Å². The molecule has 0 aliphatic heterocycles. The van der Waals surface area contributed by atoms with Crippen molar-refractivity contribution in [1.82, 2.24) is 0 Å². The maximum atomic E-state index is 11.3. The van der Waals surface area contributed by atoms with Gasteiger partial charge in [-0.05, 0) is 48.4 Å². The third-order valence-corrected chi connectivity index (χ3v) is 3.56. The molecule has 2 aromatic rings. The summed E-state index contributed by atoms with van der Waals surface area (Å²) >= 11 is 0. The molecule has 0 fully saturated rings. The number of aryl methyl sites for hydroxylation is 1. The first kappa shape index (κ1) is 17.2. The van der Waals surface area contributed by atoms with E-state index in [1.54, 1.807) is 31.2 Å². The third-order valence-electron chi connectivity index (χ3n) is 3.56. The predicted molar refractivity (Wildman–Crippen MR) is 92.0 cm³/mol. The van der Waals surface area contributed by atoms with E-state index < -0.39 is 0 Å². The van der Waals surface area contributed by atoms with Crippen LogP contribution < -0.4 is 10.1 Å². The van der Waals surface area contributed by atoms with Crippen molar-refractivity contribution in [3.8, 4) is 22.6 Å². The summed E-state index contributed by atoms with van der Waals surface area (Å²) in [6.45, 7) is 3.22. The van der Waals surface area contributed by atoms with Crippen LogP contribution >= 0.6 is 0 Å². The van der Waals surface area contributed by atoms with Gasteiger partial charge in [0.15, 0.2) is 6.29 Å². The number of methoxy groups -OCH3 is 1. The number of aldehydes is 1. The molecule has 0 spiro atoms. The van der Waals surface area contributed by atoms with Gasteiger partial charge in [0.1, 0.15) is 17.2 Å². The van der Waals surface area contributed by atoms with E-state index in [-0.39, 0.29) is 22.9 Å². The van der Waals surface area contributed by atoms with Crippen molar-refractivity contribution in [2.75, 3.05) is 12.4 Å². The molecule has 0 radical (unpaired) electrons. The van der Waals surface area contributed by atoms with Crippen LogP contribution in [0.5, 0.6) is 11.5 Å².